The minimum Gasteiger partial charge on any atom is -0.324 e. The number of hydrogen-bond donors (Lipinski definition) is 1. The second-order valence-corrected chi connectivity index (χ2v) is 7.24. The molecule has 3 amide bonds. The molecule has 26 heavy (non-hydrogen) atoms. The van der Waals surface area contributed by atoms with Crippen LogP contribution in [0.25, 0.3) is 6.08 Å². The molecule has 3 rings (SSSR count). The molecule has 1 N–H and O–H groups in total. The third kappa shape index (κ3) is 4.46. The lowest BCUT2D eigenvalue weighted by molar-refractivity contribution is -0.127. The van der Waals surface area contributed by atoms with Crippen LogP contribution in [0, 0.1) is 0 Å². The molecular weight excluding hydrogens is 395 g/mol. The molecule has 1 aliphatic rings. The predicted octanol–water partition coefficient (Wildman–Crippen LogP) is 4.67. The zero-order chi connectivity index (χ0) is 18.7. The SMILES string of the molecule is O=C(CN1C(=O)S/C(=C\c2ccc(Cl)cc2)C1=O)Nc1cccc(Cl)c1. The van der Waals surface area contributed by atoms with Crippen LogP contribution in [0.4, 0.5) is 10.5 Å². The van der Waals surface area contributed by atoms with Crippen molar-refractivity contribution in [3.05, 3.63) is 69.0 Å². The fourth-order valence-corrected chi connectivity index (χ4v) is 3.41. The number of carbonyl (C=O) groups excluding carboxylic acids is 3. The molecule has 1 aliphatic heterocycles. The Morgan fingerprint density at radius 2 is 1.81 bits per heavy atom. The number of thioether (sulfide) groups is 1. The maximum atomic E-state index is 12.4. The monoisotopic (exact) mass is 406 g/mol. The first-order valence-electron chi connectivity index (χ1n) is 7.49. The molecule has 0 atom stereocenters. The Balaban J connectivity index is 1.69. The van der Waals surface area contributed by atoms with Gasteiger partial charge in [-0.1, -0.05) is 41.4 Å². The van der Waals surface area contributed by atoms with Crippen LogP contribution in [0.5, 0.6) is 0 Å². The lowest BCUT2D eigenvalue weighted by Crippen LogP contribution is -2.36. The Labute approximate surface area is 164 Å². The molecular formula is C18H12Cl2N2O3S. The highest BCUT2D eigenvalue weighted by Crippen LogP contribution is 2.32. The van der Waals surface area contributed by atoms with Crippen molar-refractivity contribution in [2.24, 2.45) is 0 Å². The van der Waals surface area contributed by atoms with Crippen LogP contribution < -0.4 is 5.32 Å². The Kier molecular flexibility index (Phi) is 5.66. The highest BCUT2D eigenvalue weighted by Gasteiger charge is 2.36. The van der Waals surface area contributed by atoms with E-state index in [1.54, 1.807) is 54.6 Å². The topological polar surface area (TPSA) is 66.5 Å². The summed E-state index contributed by atoms with van der Waals surface area (Å²) in [6, 6.07) is 13.5. The van der Waals surface area contributed by atoms with Crippen LogP contribution in [0.1, 0.15) is 5.56 Å². The summed E-state index contributed by atoms with van der Waals surface area (Å²) in [6.07, 6.45) is 1.59. The van der Waals surface area contributed by atoms with Crippen molar-refractivity contribution in [2.75, 3.05) is 11.9 Å². The van der Waals surface area contributed by atoms with E-state index in [2.05, 4.69) is 5.32 Å². The van der Waals surface area contributed by atoms with Gasteiger partial charge in [-0.3, -0.25) is 19.3 Å². The Morgan fingerprint density at radius 3 is 2.50 bits per heavy atom. The summed E-state index contributed by atoms with van der Waals surface area (Å²) in [4.78, 5) is 37.8. The molecule has 1 heterocycles. The average Bonchev–Trinajstić information content (AvgIpc) is 2.84. The predicted molar refractivity (Wildman–Crippen MR) is 104 cm³/mol. The van der Waals surface area contributed by atoms with Crippen molar-refractivity contribution in [3.8, 4) is 0 Å². The lowest BCUT2D eigenvalue weighted by Gasteiger charge is -2.12. The number of benzene rings is 2. The fourth-order valence-electron chi connectivity index (χ4n) is 2.26. The number of amides is 3. The number of halogens is 2. The van der Waals surface area contributed by atoms with E-state index >= 15 is 0 Å². The number of imide groups is 1. The molecule has 2 aromatic carbocycles. The van der Waals surface area contributed by atoms with Gasteiger partial charge in [-0.2, -0.15) is 0 Å². The molecule has 1 saturated heterocycles. The molecule has 8 heteroatoms. The molecule has 0 saturated carbocycles. The third-order valence-corrected chi connectivity index (χ3v) is 4.85. The minimum absolute atomic E-state index is 0.257. The normalized spacial score (nSPS) is 15.6. The molecule has 0 unspecified atom stereocenters. The lowest BCUT2D eigenvalue weighted by atomic mass is 10.2. The van der Waals surface area contributed by atoms with Gasteiger partial charge in [-0.25, -0.2) is 0 Å². The van der Waals surface area contributed by atoms with E-state index in [9.17, 15) is 14.4 Å². The third-order valence-electron chi connectivity index (χ3n) is 3.45. The number of anilines is 1. The zero-order valence-electron chi connectivity index (χ0n) is 13.2. The van der Waals surface area contributed by atoms with E-state index in [1.807, 2.05) is 0 Å². The second kappa shape index (κ2) is 7.95. The van der Waals surface area contributed by atoms with Crippen LogP contribution >= 0.6 is 35.0 Å². The maximum absolute atomic E-state index is 12.4. The van der Waals surface area contributed by atoms with Gasteiger partial charge in [-0.15, -0.1) is 0 Å². The van der Waals surface area contributed by atoms with Gasteiger partial charge in [0.05, 0.1) is 4.91 Å². The van der Waals surface area contributed by atoms with E-state index in [0.717, 1.165) is 22.2 Å². The first-order chi connectivity index (χ1) is 12.4. The number of nitrogens with zero attached hydrogens (tertiary/aromatic N) is 1. The van der Waals surface area contributed by atoms with Crippen LogP contribution in [0.2, 0.25) is 10.0 Å². The number of hydrogen-bond acceptors (Lipinski definition) is 4. The molecule has 5 nitrogen and oxygen atoms in total. The van der Waals surface area contributed by atoms with Crippen LogP contribution in [0.3, 0.4) is 0 Å². The summed E-state index contributed by atoms with van der Waals surface area (Å²) >= 11 is 12.5. The number of carbonyl (C=O) groups is 3. The largest absolute Gasteiger partial charge is 0.324 e. The van der Waals surface area contributed by atoms with Crippen molar-refractivity contribution in [1.29, 1.82) is 0 Å². The quantitative estimate of drug-likeness (QED) is 0.749. The van der Waals surface area contributed by atoms with Gasteiger partial charge < -0.3 is 5.32 Å². The average molecular weight is 407 g/mol. The standard InChI is InChI=1S/C18H12Cl2N2O3S/c19-12-6-4-11(5-7-12)8-15-17(24)22(18(25)26-15)10-16(23)21-14-3-1-2-13(20)9-14/h1-9H,10H2,(H,21,23)/b15-8-. The van der Waals surface area contributed by atoms with Gasteiger partial charge in [-0.05, 0) is 53.7 Å². The summed E-state index contributed by atoms with van der Waals surface area (Å²) < 4.78 is 0. The molecule has 132 valence electrons. The summed E-state index contributed by atoms with van der Waals surface area (Å²) in [6.45, 7) is -0.366. The summed E-state index contributed by atoms with van der Waals surface area (Å²) in [7, 11) is 0. The van der Waals surface area contributed by atoms with Crippen LogP contribution in [0.15, 0.2) is 53.4 Å². The van der Waals surface area contributed by atoms with Gasteiger partial charge in [0.1, 0.15) is 6.54 Å². The smallest absolute Gasteiger partial charge is 0.294 e. The Bertz CT molecular complexity index is 913. The van der Waals surface area contributed by atoms with Gasteiger partial charge in [0, 0.05) is 15.7 Å². The van der Waals surface area contributed by atoms with E-state index in [0.29, 0.717) is 15.7 Å². The molecule has 0 bridgehead atoms. The molecule has 1 fully saturated rings. The summed E-state index contributed by atoms with van der Waals surface area (Å²) in [5, 5.41) is 3.17. The van der Waals surface area contributed by atoms with Crippen molar-refractivity contribution in [3.63, 3.8) is 0 Å². The fraction of sp³-hybridized carbons (Fsp3) is 0.0556. The van der Waals surface area contributed by atoms with E-state index in [-0.39, 0.29) is 11.4 Å². The highest BCUT2D eigenvalue weighted by atomic mass is 35.5. The van der Waals surface area contributed by atoms with Gasteiger partial charge in [0.15, 0.2) is 0 Å². The molecule has 0 radical (unpaired) electrons. The van der Waals surface area contributed by atoms with Crippen LogP contribution in [-0.2, 0) is 9.59 Å². The Hall–Kier alpha value is -2.28. The van der Waals surface area contributed by atoms with Gasteiger partial charge >= 0.3 is 0 Å². The van der Waals surface area contributed by atoms with E-state index < -0.39 is 17.1 Å². The molecule has 0 spiro atoms. The summed E-state index contributed by atoms with van der Waals surface area (Å²) in [5.74, 6) is -0.987. The second-order valence-electron chi connectivity index (χ2n) is 5.38. The first kappa shape index (κ1) is 18.5. The van der Waals surface area contributed by atoms with Gasteiger partial charge in [0.2, 0.25) is 5.91 Å². The maximum Gasteiger partial charge on any atom is 0.294 e. The van der Waals surface area contributed by atoms with E-state index in [1.165, 1.54) is 0 Å². The van der Waals surface area contributed by atoms with E-state index in [4.69, 9.17) is 23.2 Å². The number of rotatable bonds is 4. The summed E-state index contributed by atoms with van der Waals surface area (Å²) in [5.41, 5.74) is 1.23. The Morgan fingerprint density at radius 1 is 1.08 bits per heavy atom. The first-order valence-corrected chi connectivity index (χ1v) is 9.06. The van der Waals surface area contributed by atoms with Gasteiger partial charge in [0.25, 0.3) is 11.1 Å². The molecule has 2 aromatic rings. The molecule has 0 aliphatic carbocycles. The minimum atomic E-state index is -0.504. The highest BCUT2D eigenvalue weighted by molar-refractivity contribution is 8.18. The van der Waals surface area contributed by atoms with Crippen LogP contribution in [-0.4, -0.2) is 28.5 Å². The van der Waals surface area contributed by atoms with Crippen molar-refractivity contribution in [2.45, 2.75) is 0 Å². The molecule has 0 aromatic heterocycles. The van der Waals surface area contributed by atoms with Crippen molar-refractivity contribution < 1.29 is 14.4 Å². The number of nitrogens with one attached hydrogen (secondary N) is 1. The zero-order valence-corrected chi connectivity index (χ0v) is 15.6. The van der Waals surface area contributed by atoms with Crippen molar-refractivity contribution in [1.82, 2.24) is 4.90 Å². The van der Waals surface area contributed by atoms with Crippen molar-refractivity contribution >= 4 is 63.8 Å².